The Hall–Kier alpha value is -0.870. The monoisotopic (exact) mass is 333 g/mol. The van der Waals surface area contributed by atoms with E-state index in [0.717, 1.165) is 45.8 Å². The lowest BCUT2D eigenvalue weighted by Crippen LogP contribution is -2.38. The predicted octanol–water partition coefficient (Wildman–Crippen LogP) is 3.71. The molecule has 4 rings (SSSR count). The Labute approximate surface area is 127 Å². The van der Waals surface area contributed by atoms with Crippen LogP contribution in [-0.4, -0.2) is 22.1 Å². The van der Waals surface area contributed by atoms with Gasteiger partial charge in [0, 0.05) is 23.0 Å². The molecular formula is C16H20BrN3. The molecule has 0 radical (unpaired) electrons. The molecule has 20 heavy (non-hydrogen) atoms. The first-order valence-electron chi connectivity index (χ1n) is 7.58. The maximum atomic E-state index is 4.82. The molecule has 4 heteroatoms. The van der Waals surface area contributed by atoms with Crippen LogP contribution in [0.3, 0.4) is 0 Å². The maximum absolute atomic E-state index is 4.82. The smallest absolute Gasteiger partial charge is 0.107 e. The first-order valence-corrected chi connectivity index (χ1v) is 8.37. The van der Waals surface area contributed by atoms with Crippen molar-refractivity contribution in [2.75, 3.05) is 0 Å². The molecule has 2 unspecified atom stereocenters. The summed E-state index contributed by atoms with van der Waals surface area (Å²) in [6.45, 7) is 2.13. The van der Waals surface area contributed by atoms with Crippen molar-refractivity contribution >= 4 is 27.0 Å². The SMILES string of the molecule is Cc1cc(Br)cc2[nH]c(CC3CC4CCC(C3)N4)nc12. The van der Waals surface area contributed by atoms with E-state index in [1.807, 2.05) is 0 Å². The summed E-state index contributed by atoms with van der Waals surface area (Å²) in [5.41, 5.74) is 3.52. The minimum atomic E-state index is 0.763. The third-order valence-corrected chi connectivity index (χ3v) is 5.30. The van der Waals surface area contributed by atoms with Gasteiger partial charge in [-0.15, -0.1) is 0 Å². The molecule has 3 nitrogen and oxygen atoms in total. The van der Waals surface area contributed by atoms with Gasteiger partial charge in [0.25, 0.3) is 0 Å². The molecule has 2 saturated heterocycles. The van der Waals surface area contributed by atoms with Crippen LogP contribution in [0.1, 0.15) is 37.1 Å². The zero-order valence-corrected chi connectivity index (χ0v) is 13.3. The zero-order valence-electron chi connectivity index (χ0n) is 11.7. The number of fused-ring (bicyclic) bond motifs is 3. The molecule has 2 aliphatic rings. The number of aryl methyl sites for hydroxylation is 1. The van der Waals surface area contributed by atoms with E-state index in [1.54, 1.807) is 0 Å². The van der Waals surface area contributed by atoms with Crippen molar-refractivity contribution in [2.45, 2.75) is 51.1 Å². The normalized spacial score (nSPS) is 29.2. The highest BCUT2D eigenvalue weighted by Gasteiger charge is 2.33. The van der Waals surface area contributed by atoms with Gasteiger partial charge in [0.05, 0.1) is 11.0 Å². The third-order valence-electron chi connectivity index (χ3n) is 4.84. The van der Waals surface area contributed by atoms with E-state index in [-0.39, 0.29) is 0 Å². The molecule has 1 aromatic heterocycles. The molecular weight excluding hydrogens is 314 g/mol. The van der Waals surface area contributed by atoms with E-state index in [9.17, 15) is 0 Å². The standard InChI is InChI=1S/C16H20BrN3/c1-9-4-11(17)8-14-16(9)20-15(19-14)7-10-5-12-2-3-13(6-10)18-12/h4,8,10,12-13,18H,2-3,5-7H2,1H3,(H,19,20). The second-order valence-corrected chi connectivity index (χ2v) is 7.40. The summed E-state index contributed by atoms with van der Waals surface area (Å²) in [5, 5.41) is 3.71. The number of hydrogen-bond acceptors (Lipinski definition) is 2. The van der Waals surface area contributed by atoms with E-state index in [1.165, 1.54) is 31.2 Å². The first-order chi connectivity index (χ1) is 9.67. The molecule has 2 atom stereocenters. The number of piperidine rings is 1. The van der Waals surface area contributed by atoms with Gasteiger partial charge in [-0.05, 0) is 56.2 Å². The number of nitrogens with one attached hydrogen (secondary N) is 2. The minimum absolute atomic E-state index is 0.763. The molecule has 0 spiro atoms. The van der Waals surface area contributed by atoms with Crippen molar-refractivity contribution in [1.29, 1.82) is 0 Å². The topological polar surface area (TPSA) is 40.7 Å². The average Bonchev–Trinajstić information content (AvgIpc) is 2.93. The van der Waals surface area contributed by atoms with Gasteiger partial charge in [0.15, 0.2) is 0 Å². The maximum Gasteiger partial charge on any atom is 0.107 e. The van der Waals surface area contributed by atoms with E-state index < -0.39 is 0 Å². The Bertz CT molecular complexity index is 636. The molecule has 2 bridgehead atoms. The highest BCUT2D eigenvalue weighted by molar-refractivity contribution is 9.10. The van der Waals surface area contributed by atoms with Gasteiger partial charge in [-0.25, -0.2) is 4.98 Å². The fourth-order valence-corrected chi connectivity index (χ4v) is 4.58. The molecule has 1 aromatic carbocycles. The lowest BCUT2D eigenvalue weighted by molar-refractivity contribution is 0.295. The summed E-state index contributed by atoms with van der Waals surface area (Å²) in [7, 11) is 0. The molecule has 3 heterocycles. The molecule has 2 fully saturated rings. The van der Waals surface area contributed by atoms with Crippen LogP contribution in [0.15, 0.2) is 16.6 Å². The Morgan fingerprint density at radius 2 is 2.00 bits per heavy atom. The summed E-state index contributed by atoms with van der Waals surface area (Å²) in [6, 6.07) is 5.79. The number of halogens is 1. The van der Waals surface area contributed by atoms with Crippen molar-refractivity contribution < 1.29 is 0 Å². The summed E-state index contributed by atoms with van der Waals surface area (Å²) >= 11 is 3.56. The second-order valence-electron chi connectivity index (χ2n) is 6.48. The van der Waals surface area contributed by atoms with Crippen LogP contribution in [0.2, 0.25) is 0 Å². The Balaban J connectivity index is 1.58. The van der Waals surface area contributed by atoms with Crippen molar-refractivity contribution in [3.63, 3.8) is 0 Å². The lowest BCUT2D eigenvalue weighted by atomic mass is 9.89. The quantitative estimate of drug-likeness (QED) is 0.879. The number of aromatic amines is 1. The van der Waals surface area contributed by atoms with Gasteiger partial charge in [-0.1, -0.05) is 15.9 Å². The van der Waals surface area contributed by atoms with Gasteiger partial charge in [-0.3, -0.25) is 0 Å². The molecule has 106 valence electrons. The van der Waals surface area contributed by atoms with E-state index >= 15 is 0 Å². The van der Waals surface area contributed by atoms with Crippen LogP contribution in [0.4, 0.5) is 0 Å². The number of benzene rings is 1. The van der Waals surface area contributed by atoms with Crippen molar-refractivity contribution in [3.05, 3.63) is 28.0 Å². The van der Waals surface area contributed by atoms with Crippen LogP contribution < -0.4 is 5.32 Å². The number of aromatic nitrogens is 2. The van der Waals surface area contributed by atoms with Gasteiger partial charge in [0.2, 0.25) is 0 Å². The predicted molar refractivity (Wildman–Crippen MR) is 84.9 cm³/mol. The molecule has 0 amide bonds. The highest BCUT2D eigenvalue weighted by atomic mass is 79.9. The summed E-state index contributed by atoms with van der Waals surface area (Å²) in [6.07, 6.45) is 6.47. The van der Waals surface area contributed by atoms with Crippen LogP contribution in [-0.2, 0) is 6.42 Å². The van der Waals surface area contributed by atoms with Crippen molar-refractivity contribution in [2.24, 2.45) is 5.92 Å². The lowest BCUT2D eigenvalue weighted by Gasteiger charge is -2.28. The van der Waals surface area contributed by atoms with E-state index in [2.05, 4.69) is 45.3 Å². The number of imidazole rings is 1. The number of H-pyrrole nitrogens is 1. The summed E-state index contributed by atoms with van der Waals surface area (Å²) in [4.78, 5) is 8.33. The van der Waals surface area contributed by atoms with E-state index in [0.29, 0.717) is 0 Å². The average molecular weight is 334 g/mol. The van der Waals surface area contributed by atoms with Gasteiger partial charge < -0.3 is 10.3 Å². The fraction of sp³-hybridized carbons (Fsp3) is 0.562. The van der Waals surface area contributed by atoms with Crippen LogP contribution in [0.5, 0.6) is 0 Å². The molecule has 2 N–H and O–H groups in total. The summed E-state index contributed by atoms with van der Waals surface area (Å²) in [5.74, 6) is 1.95. The Kier molecular flexibility index (Phi) is 3.11. The largest absolute Gasteiger partial charge is 0.342 e. The van der Waals surface area contributed by atoms with Crippen LogP contribution >= 0.6 is 15.9 Å². The molecule has 0 aliphatic carbocycles. The van der Waals surface area contributed by atoms with Crippen molar-refractivity contribution in [1.82, 2.24) is 15.3 Å². The summed E-state index contributed by atoms with van der Waals surface area (Å²) < 4.78 is 1.12. The van der Waals surface area contributed by atoms with Crippen molar-refractivity contribution in [3.8, 4) is 0 Å². The number of nitrogens with zero attached hydrogens (tertiary/aromatic N) is 1. The molecule has 2 aliphatic heterocycles. The third kappa shape index (κ3) is 2.29. The van der Waals surface area contributed by atoms with Crippen LogP contribution in [0.25, 0.3) is 11.0 Å². The highest BCUT2D eigenvalue weighted by Crippen LogP contribution is 2.33. The fourth-order valence-electron chi connectivity index (χ4n) is 4.01. The number of rotatable bonds is 2. The molecule has 2 aromatic rings. The Morgan fingerprint density at radius 1 is 1.25 bits per heavy atom. The molecule has 0 saturated carbocycles. The van der Waals surface area contributed by atoms with Gasteiger partial charge in [-0.2, -0.15) is 0 Å². The number of hydrogen-bond donors (Lipinski definition) is 2. The zero-order chi connectivity index (χ0) is 13.7. The first kappa shape index (κ1) is 12.8. The van der Waals surface area contributed by atoms with E-state index in [4.69, 9.17) is 4.98 Å². The minimum Gasteiger partial charge on any atom is -0.342 e. The Morgan fingerprint density at radius 3 is 2.75 bits per heavy atom. The van der Waals surface area contributed by atoms with Gasteiger partial charge >= 0.3 is 0 Å². The van der Waals surface area contributed by atoms with Gasteiger partial charge in [0.1, 0.15) is 5.82 Å². The second kappa shape index (κ2) is 4.85. The van der Waals surface area contributed by atoms with Crippen LogP contribution in [0, 0.1) is 12.8 Å².